The molecule has 0 aliphatic carbocycles. The molecule has 1 aromatic carbocycles. The lowest BCUT2D eigenvalue weighted by Crippen LogP contribution is -2.30. The molecular formula is C14H18N2O5S. The van der Waals surface area contributed by atoms with Gasteiger partial charge in [0.25, 0.3) is 0 Å². The topological polar surface area (TPSA) is 92.8 Å². The first kappa shape index (κ1) is 16.4. The fourth-order valence-corrected chi connectivity index (χ4v) is 3.33. The van der Waals surface area contributed by atoms with Gasteiger partial charge in [0.2, 0.25) is 21.8 Å². The van der Waals surface area contributed by atoms with Gasteiger partial charge < -0.3 is 4.74 Å². The van der Waals surface area contributed by atoms with Crippen LogP contribution in [0.2, 0.25) is 0 Å². The van der Waals surface area contributed by atoms with Gasteiger partial charge in [-0.25, -0.2) is 18.0 Å². The maximum absolute atomic E-state index is 12.2. The van der Waals surface area contributed by atoms with Crippen LogP contribution in [0.3, 0.4) is 0 Å². The van der Waals surface area contributed by atoms with E-state index in [1.54, 1.807) is 0 Å². The second-order valence-electron chi connectivity index (χ2n) is 4.85. The molecule has 120 valence electrons. The van der Waals surface area contributed by atoms with Crippen molar-refractivity contribution in [2.24, 2.45) is 0 Å². The van der Waals surface area contributed by atoms with Gasteiger partial charge in [-0.2, -0.15) is 0 Å². The van der Waals surface area contributed by atoms with Crippen LogP contribution >= 0.6 is 0 Å². The number of amides is 2. The van der Waals surface area contributed by atoms with Crippen molar-refractivity contribution in [2.75, 3.05) is 18.6 Å². The van der Waals surface area contributed by atoms with Crippen LogP contribution in [-0.4, -0.2) is 33.9 Å². The normalized spacial score (nSPS) is 15.5. The molecule has 0 saturated carbocycles. The van der Waals surface area contributed by atoms with Crippen molar-refractivity contribution in [1.82, 2.24) is 4.72 Å². The quantitative estimate of drug-likeness (QED) is 0.788. The maximum Gasteiger partial charge on any atom is 0.240 e. The van der Waals surface area contributed by atoms with Gasteiger partial charge in [0.1, 0.15) is 5.75 Å². The molecule has 2 amide bonds. The second kappa shape index (κ2) is 6.45. The Balaban J connectivity index is 2.47. The van der Waals surface area contributed by atoms with Crippen molar-refractivity contribution in [2.45, 2.75) is 31.1 Å². The summed E-state index contributed by atoms with van der Waals surface area (Å²) < 4.78 is 31.9. The number of ether oxygens (including phenoxy) is 1. The third-order valence-electron chi connectivity index (χ3n) is 3.30. The number of nitrogens with one attached hydrogen (secondary N) is 1. The summed E-state index contributed by atoms with van der Waals surface area (Å²) in [5, 5.41) is 0. The molecule has 0 unspecified atom stereocenters. The van der Waals surface area contributed by atoms with Gasteiger partial charge in [0.15, 0.2) is 0 Å². The molecule has 8 heteroatoms. The van der Waals surface area contributed by atoms with E-state index < -0.39 is 10.0 Å². The van der Waals surface area contributed by atoms with Crippen LogP contribution in [0, 0.1) is 0 Å². The third kappa shape index (κ3) is 3.12. The number of imide groups is 1. The Hall–Kier alpha value is -1.93. The summed E-state index contributed by atoms with van der Waals surface area (Å²) in [5.41, 5.74) is 0.161. The first-order valence-electron chi connectivity index (χ1n) is 6.94. The molecular weight excluding hydrogens is 308 g/mol. The minimum absolute atomic E-state index is 0.00995. The van der Waals surface area contributed by atoms with Gasteiger partial charge in [-0.05, 0) is 24.6 Å². The number of carbonyl (C=O) groups excluding carboxylic acids is 2. The van der Waals surface area contributed by atoms with Crippen LogP contribution in [0.1, 0.15) is 26.2 Å². The monoisotopic (exact) mass is 326 g/mol. The highest BCUT2D eigenvalue weighted by atomic mass is 32.2. The molecule has 22 heavy (non-hydrogen) atoms. The van der Waals surface area contributed by atoms with E-state index in [1.165, 1.54) is 25.3 Å². The van der Waals surface area contributed by atoms with Gasteiger partial charge in [0.05, 0.1) is 17.7 Å². The van der Waals surface area contributed by atoms with Gasteiger partial charge >= 0.3 is 0 Å². The number of nitrogens with zero attached hydrogens (tertiary/aromatic N) is 1. The fourth-order valence-electron chi connectivity index (χ4n) is 2.18. The van der Waals surface area contributed by atoms with Crippen molar-refractivity contribution in [3.05, 3.63) is 18.2 Å². The summed E-state index contributed by atoms with van der Waals surface area (Å²) in [6.07, 6.45) is 0.894. The SMILES string of the molecule is CCCNS(=O)(=O)c1ccc(OC)c(N2C(=O)CCC2=O)c1. The summed E-state index contributed by atoms with van der Waals surface area (Å²) >= 11 is 0. The third-order valence-corrected chi connectivity index (χ3v) is 4.75. The number of hydrogen-bond donors (Lipinski definition) is 1. The standard InChI is InChI=1S/C14H18N2O5S/c1-3-8-15-22(19,20)10-4-5-12(21-2)11(9-10)16-13(17)6-7-14(16)18/h4-5,9,15H,3,6-8H2,1-2H3. The minimum Gasteiger partial charge on any atom is -0.495 e. The number of anilines is 1. The van der Waals surface area contributed by atoms with Crippen LogP contribution < -0.4 is 14.4 Å². The number of rotatable bonds is 6. The van der Waals surface area contributed by atoms with Gasteiger partial charge in [0, 0.05) is 19.4 Å². The Bertz CT molecular complexity index is 683. The van der Waals surface area contributed by atoms with Gasteiger partial charge in [-0.3, -0.25) is 9.59 Å². The Kier molecular flexibility index (Phi) is 4.82. The lowest BCUT2D eigenvalue weighted by molar-refractivity contribution is -0.121. The molecule has 0 radical (unpaired) electrons. The van der Waals surface area contributed by atoms with Crippen molar-refractivity contribution in [3.8, 4) is 5.75 Å². The molecule has 1 N–H and O–H groups in total. The minimum atomic E-state index is -3.69. The lowest BCUT2D eigenvalue weighted by atomic mass is 10.2. The van der Waals surface area contributed by atoms with Crippen LogP contribution in [0.5, 0.6) is 5.75 Å². The van der Waals surface area contributed by atoms with E-state index in [9.17, 15) is 18.0 Å². The van der Waals surface area contributed by atoms with E-state index in [1.807, 2.05) is 6.92 Å². The lowest BCUT2D eigenvalue weighted by Gasteiger charge is -2.18. The molecule has 1 aliphatic heterocycles. The molecule has 1 heterocycles. The van der Waals surface area contributed by atoms with Crippen LogP contribution in [0.15, 0.2) is 23.1 Å². The van der Waals surface area contributed by atoms with E-state index in [2.05, 4.69) is 4.72 Å². The Morgan fingerprint density at radius 2 is 1.86 bits per heavy atom. The average molecular weight is 326 g/mol. The van der Waals surface area contributed by atoms with Crippen molar-refractivity contribution in [3.63, 3.8) is 0 Å². The van der Waals surface area contributed by atoms with Crippen molar-refractivity contribution in [1.29, 1.82) is 0 Å². The summed E-state index contributed by atoms with van der Waals surface area (Å²) in [6.45, 7) is 2.16. The average Bonchev–Trinajstić information content (AvgIpc) is 2.83. The zero-order chi connectivity index (χ0) is 16.3. The van der Waals surface area contributed by atoms with Crippen molar-refractivity contribution < 1.29 is 22.7 Å². The Morgan fingerprint density at radius 1 is 1.23 bits per heavy atom. The predicted molar refractivity (Wildman–Crippen MR) is 80.2 cm³/mol. The van der Waals surface area contributed by atoms with E-state index in [0.717, 1.165) is 4.90 Å². The number of benzene rings is 1. The molecule has 1 saturated heterocycles. The van der Waals surface area contributed by atoms with Crippen molar-refractivity contribution >= 4 is 27.5 Å². The molecule has 0 bridgehead atoms. The highest BCUT2D eigenvalue weighted by Crippen LogP contribution is 2.34. The zero-order valence-electron chi connectivity index (χ0n) is 12.5. The summed E-state index contributed by atoms with van der Waals surface area (Å²) in [5.74, 6) is -0.447. The van der Waals surface area contributed by atoms with Gasteiger partial charge in [-0.1, -0.05) is 6.92 Å². The first-order chi connectivity index (χ1) is 10.4. The predicted octanol–water partition coefficient (Wildman–Crippen LogP) is 1.04. The largest absolute Gasteiger partial charge is 0.495 e. The smallest absolute Gasteiger partial charge is 0.240 e. The number of hydrogen-bond acceptors (Lipinski definition) is 5. The van der Waals surface area contributed by atoms with E-state index >= 15 is 0 Å². The summed E-state index contributed by atoms with van der Waals surface area (Å²) in [4.78, 5) is 24.7. The van der Waals surface area contributed by atoms with E-state index in [4.69, 9.17) is 4.74 Å². The highest BCUT2D eigenvalue weighted by molar-refractivity contribution is 7.89. The maximum atomic E-state index is 12.2. The van der Waals surface area contributed by atoms with Crippen LogP contribution in [0.25, 0.3) is 0 Å². The van der Waals surface area contributed by atoms with Crippen LogP contribution in [-0.2, 0) is 19.6 Å². The first-order valence-corrected chi connectivity index (χ1v) is 8.42. The number of methoxy groups -OCH3 is 1. The Morgan fingerprint density at radius 3 is 2.41 bits per heavy atom. The Labute approximate surface area is 129 Å². The molecule has 0 spiro atoms. The molecule has 7 nitrogen and oxygen atoms in total. The van der Waals surface area contributed by atoms with Crippen LogP contribution in [0.4, 0.5) is 5.69 Å². The summed E-state index contributed by atoms with van der Waals surface area (Å²) in [6, 6.07) is 4.11. The zero-order valence-corrected chi connectivity index (χ0v) is 13.3. The van der Waals surface area contributed by atoms with Gasteiger partial charge in [-0.15, -0.1) is 0 Å². The van der Waals surface area contributed by atoms with E-state index in [-0.39, 0.29) is 41.0 Å². The highest BCUT2D eigenvalue weighted by Gasteiger charge is 2.33. The molecule has 1 aromatic rings. The molecule has 0 atom stereocenters. The molecule has 2 rings (SSSR count). The second-order valence-corrected chi connectivity index (χ2v) is 6.62. The number of carbonyl (C=O) groups is 2. The van der Waals surface area contributed by atoms with E-state index in [0.29, 0.717) is 13.0 Å². The fraction of sp³-hybridized carbons (Fsp3) is 0.429. The molecule has 1 fully saturated rings. The molecule has 1 aliphatic rings. The summed E-state index contributed by atoms with van der Waals surface area (Å²) in [7, 11) is -2.29. The molecule has 0 aromatic heterocycles. The number of sulfonamides is 1.